The Kier molecular flexibility index (Phi) is 6.62. The Bertz CT molecular complexity index is 4080. The Morgan fingerprint density at radius 3 is 1.39 bits per heavy atom. The van der Waals surface area contributed by atoms with Crippen LogP contribution in [0.4, 0.5) is 0 Å². The summed E-state index contributed by atoms with van der Waals surface area (Å²) in [5.41, 5.74) is 11.5. The normalized spacial score (nSPS) is 12.3. The van der Waals surface area contributed by atoms with E-state index in [1.54, 1.807) is 0 Å². The number of para-hydroxylation sites is 1. The van der Waals surface area contributed by atoms with Crippen LogP contribution in [0.1, 0.15) is 0 Å². The molecule has 0 unspecified atom stereocenters. The molecule has 1 nitrogen and oxygen atoms in total. The third-order valence-corrected chi connectivity index (χ3v) is 13.6. The molecule has 1 heterocycles. The SMILES string of the molecule is c1ccc(-c2ccc3ccc4cccc5ccc2c3c45)c(-c2cc(-c3ccc4oc5ccccc5c4c3)c(-c3ccc4ccc5cccc6ccc3c4c56)c3ccccc23)c1. The number of furan rings is 1. The molecule has 61 heavy (non-hydrogen) atoms. The third-order valence-electron chi connectivity index (χ3n) is 13.6. The number of hydrogen-bond donors (Lipinski definition) is 0. The maximum absolute atomic E-state index is 6.39. The van der Waals surface area contributed by atoms with Gasteiger partial charge in [-0.15, -0.1) is 0 Å². The van der Waals surface area contributed by atoms with E-state index in [1.807, 2.05) is 6.07 Å². The van der Waals surface area contributed by atoms with Gasteiger partial charge in [0.25, 0.3) is 0 Å². The maximum Gasteiger partial charge on any atom is 0.135 e. The van der Waals surface area contributed by atoms with Gasteiger partial charge in [-0.1, -0.05) is 182 Å². The van der Waals surface area contributed by atoms with Crippen molar-refractivity contribution in [2.45, 2.75) is 0 Å². The van der Waals surface area contributed by atoms with E-state index in [4.69, 9.17) is 4.42 Å². The summed E-state index contributed by atoms with van der Waals surface area (Å²) in [7, 11) is 0. The molecule has 1 aromatic heterocycles. The van der Waals surface area contributed by atoms with E-state index in [0.717, 1.165) is 27.5 Å². The topological polar surface area (TPSA) is 13.1 Å². The standard InChI is InChI=1S/C60H34O/c1-2-14-43(42(13-1)45-28-23-39-21-19-35-9-7-11-37-24-29-48(45)58(39)56(35)37)52-34-51(41-27-32-55-53(33-41)46-16-5-6-18-54(46)61-55)60(47-17-4-3-15-44(47)52)50-31-26-40-22-20-36-10-8-12-38-25-30-49(50)59(40)57(36)38/h1-34H. The molecule has 0 aliphatic heterocycles. The van der Waals surface area contributed by atoms with Gasteiger partial charge in [-0.05, 0) is 144 Å². The average Bonchev–Trinajstić information content (AvgIpc) is 3.70. The van der Waals surface area contributed by atoms with Crippen molar-refractivity contribution in [3.8, 4) is 44.5 Å². The minimum Gasteiger partial charge on any atom is -0.456 e. The fourth-order valence-electron chi connectivity index (χ4n) is 10.9. The molecule has 0 fully saturated rings. The Balaban J connectivity index is 1.10. The first-order valence-corrected chi connectivity index (χ1v) is 21.2. The number of benzene rings is 13. The minimum absolute atomic E-state index is 0.898. The van der Waals surface area contributed by atoms with Crippen LogP contribution in [-0.2, 0) is 0 Å². The fraction of sp³-hybridized carbons (Fsp3) is 0. The van der Waals surface area contributed by atoms with E-state index < -0.39 is 0 Å². The first-order chi connectivity index (χ1) is 30.2. The van der Waals surface area contributed by atoms with Crippen LogP contribution in [0.5, 0.6) is 0 Å². The molecule has 0 amide bonds. The molecule has 1 heteroatoms. The third kappa shape index (κ3) is 4.61. The zero-order valence-electron chi connectivity index (χ0n) is 33.0. The van der Waals surface area contributed by atoms with Gasteiger partial charge in [0.05, 0.1) is 0 Å². The Labute approximate surface area is 351 Å². The second-order valence-corrected chi connectivity index (χ2v) is 16.7. The highest BCUT2D eigenvalue weighted by molar-refractivity contribution is 6.28. The van der Waals surface area contributed by atoms with E-state index in [1.165, 1.54) is 114 Å². The fourth-order valence-corrected chi connectivity index (χ4v) is 10.9. The van der Waals surface area contributed by atoms with E-state index in [-0.39, 0.29) is 0 Å². The Hall–Kier alpha value is -8.00. The van der Waals surface area contributed by atoms with Crippen molar-refractivity contribution < 1.29 is 4.42 Å². The van der Waals surface area contributed by atoms with Crippen molar-refractivity contribution >= 4 is 97.3 Å². The highest BCUT2D eigenvalue weighted by Gasteiger charge is 2.23. The monoisotopic (exact) mass is 770 g/mol. The van der Waals surface area contributed by atoms with Crippen LogP contribution >= 0.6 is 0 Å². The van der Waals surface area contributed by atoms with Gasteiger partial charge in [0.15, 0.2) is 0 Å². The lowest BCUT2D eigenvalue weighted by Crippen LogP contribution is -1.95. The molecule has 0 spiro atoms. The van der Waals surface area contributed by atoms with E-state index >= 15 is 0 Å². The van der Waals surface area contributed by atoms with E-state index in [0.29, 0.717) is 0 Å². The predicted molar refractivity (Wildman–Crippen MR) is 260 cm³/mol. The van der Waals surface area contributed by atoms with Crippen LogP contribution in [0.3, 0.4) is 0 Å². The maximum atomic E-state index is 6.39. The molecule has 0 saturated carbocycles. The van der Waals surface area contributed by atoms with Crippen LogP contribution < -0.4 is 0 Å². The predicted octanol–water partition coefficient (Wildman–Crippen LogP) is 17.2. The van der Waals surface area contributed by atoms with E-state index in [2.05, 4.69) is 200 Å². The molecule has 0 bridgehead atoms. The van der Waals surface area contributed by atoms with Crippen molar-refractivity contribution in [2.24, 2.45) is 0 Å². The molecule has 13 aromatic carbocycles. The second-order valence-electron chi connectivity index (χ2n) is 16.7. The van der Waals surface area contributed by atoms with Gasteiger partial charge in [0.1, 0.15) is 11.2 Å². The molecule has 0 aliphatic carbocycles. The second kappa shape index (κ2) is 12.3. The van der Waals surface area contributed by atoms with Gasteiger partial charge in [-0.3, -0.25) is 0 Å². The minimum atomic E-state index is 0.898. The van der Waals surface area contributed by atoms with Crippen molar-refractivity contribution in [3.63, 3.8) is 0 Å². The molecule has 280 valence electrons. The summed E-state index contributed by atoms with van der Waals surface area (Å²) in [5, 5.41) is 20.2. The average molecular weight is 771 g/mol. The van der Waals surface area contributed by atoms with Crippen molar-refractivity contribution in [1.29, 1.82) is 0 Å². The molecule has 0 saturated heterocycles. The van der Waals surface area contributed by atoms with Gasteiger partial charge < -0.3 is 4.42 Å². The van der Waals surface area contributed by atoms with Crippen molar-refractivity contribution in [3.05, 3.63) is 206 Å². The summed E-state index contributed by atoms with van der Waals surface area (Å²) >= 11 is 0. The highest BCUT2D eigenvalue weighted by Crippen LogP contribution is 2.50. The Morgan fingerprint density at radius 1 is 0.230 bits per heavy atom. The number of rotatable bonds is 4. The summed E-state index contributed by atoms with van der Waals surface area (Å²) in [6.45, 7) is 0. The van der Waals surface area contributed by atoms with Crippen molar-refractivity contribution in [1.82, 2.24) is 0 Å². The molecular formula is C60H34O. The van der Waals surface area contributed by atoms with Gasteiger partial charge in [0, 0.05) is 10.8 Å². The smallest absolute Gasteiger partial charge is 0.135 e. The quantitative estimate of drug-likeness (QED) is 0.162. The highest BCUT2D eigenvalue weighted by atomic mass is 16.3. The zero-order valence-corrected chi connectivity index (χ0v) is 33.0. The molecule has 0 aliphatic rings. The molecule has 14 aromatic rings. The van der Waals surface area contributed by atoms with Gasteiger partial charge >= 0.3 is 0 Å². The molecular weight excluding hydrogens is 737 g/mol. The van der Waals surface area contributed by atoms with Gasteiger partial charge in [0.2, 0.25) is 0 Å². The molecule has 0 N–H and O–H groups in total. The number of fused-ring (bicyclic) bond motifs is 4. The summed E-state index contributed by atoms with van der Waals surface area (Å²) in [4.78, 5) is 0. The Morgan fingerprint density at radius 2 is 0.721 bits per heavy atom. The lowest BCUT2D eigenvalue weighted by atomic mass is 9.81. The lowest BCUT2D eigenvalue weighted by Gasteiger charge is -2.22. The summed E-state index contributed by atoms with van der Waals surface area (Å²) < 4.78 is 6.39. The van der Waals surface area contributed by atoms with Crippen LogP contribution in [-0.4, -0.2) is 0 Å². The van der Waals surface area contributed by atoms with Gasteiger partial charge in [-0.2, -0.15) is 0 Å². The van der Waals surface area contributed by atoms with E-state index in [9.17, 15) is 0 Å². The van der Waals surface area contributed by atoms with Crippen LogP contribution in [0, 0.1) is 0 Å². The summed E-state index contributed by atoms with van der Waals surface area (Å²) in [6, 6.07) is 76.7. The van der Waals surface area contributed by atoms with Crippen LogP contribution in [0.25, 0.3) is 142 Å². The summed E-state index contributed by atoms with van der Waals surface area (Å²) in [5.74, 6) is 0. The zero-order chi connectivity index (χ0) is 39.8. The molecule has 0 radical (unpaired) electrons. The van der Waals surface area contributed by atoms with Crippen LogP contribution in [0.2, 0.25) is 0 Å². The van der Waals surface area contributed by atoms with Crippen molar-refractivity contribution in [2.75, 3.05) is 0 Å². The number of hydrogen-bond acceptors (Lipinski definition) is 1. The first-order valence-electron chi connectivity index (χ1n) is 21.2. The first kappa shape index (κ1) is 32.9. The van der Waals surface area contributed by atoms with Gasteiger partial charge in [-0.25, -0.2) is 0 Å². The molecule has 14 rings (SSSR count). The summed E-state index contributed by atoms with van der Waals surface area (Å²) in [6.07, 6.45) is 0. The van der Waals surface area contributed by atoms with Crippen LogP contribution in [0.15, 0.2) is 211 Å². The molecule has 0 atom stereocenters. The lowest BCUT2D eigenvalue weighted by molar-refractivity contribution is 0.669. The largest absolute Gasteiger partial charge is 0.456 e.